The molecule has 1 unspecified atom stereocenters. The predicted octanol–water partition coefficient (Wildman–Crippen LogP) is 4.39. The second-order valence-corrected chi connectivity index (χ2v) is 5.93. The van der Waals surface area contributed by atoms with Crippen LogP contribution < -0.4 is 4.74 Å². The summed E-state index contributed by atoms with van der Waals surface area (Å²) in [5.41, 5.74) is 1.00. The summed E-state index contributed by atoms with van der Waals surface area (Å²) in [6.07, 6.45) is -2.45. The zero-order chi connectivity index (χ0) is 16.9. The van der Waals surface area contributed by atoms with E-state index in [4.69, 9.17) is 4.74 Å². The lowest BCUT2D eigenvalue weighted by Crippen LogP contribution is -2.36. The number of alkyl halides is 3. The van der Waals surface area contributed by atoms with Crippen molar-refractivity contribution in [1.29, 1.82) is 0 Å². The number of likely N-dealkylation sites (tertiary alicyclic amines) is 1. The van der Waals surface area contributed by atoms with Crippen LogP contribution in [0.15, 0.2) is 24.3 Å². The Labute approximate surface area is 135 Å². The first-order valence-electron chi connectivity index (χ1n) is 8.06. The molecule has 23 heavy (non-hydrogen) atoms. The van der Waals surface area contributed by atoms with E-state index in [1.54, 1.807) is 12.1 Å². The smallest absolute Gasteiger partial charge is 0.406 e. The van der Waals surface area contributed by atoms with Crippen LogP contribution in [0.25, 0.3) is 0 Å². The first kappa shape index (κ1) is 18.1. The maximum absolute atomic E-state index is 12.2. The van der Waals surface area contributed by atoms with Gasteiger partial charge in [0.1, 0.15) is 5.75 Å². The van der Waals surface area contributed by atoms with Crippen molar-refractivity contribution < 1.29 is 22.6 Å². The Morgan fingerprint density at radius 3 is 2.30 bits per heavy atom. The largest absolute Gasteiger partial charge is 0.573 e. The van der Waals surface area contributed by atoms with Gasteiger partial charge in [0.25, 0.3) is 0 Å². The quantitative estimate of drug-likeness (QED) is 0.771. The minimum absolute atomic E-state index is 0.177. The molecular weight excluding hydrogens is 307 g/mol. The summed E-state index contributed by atoms with van der Waals surface area (Å²) in [5, 5.41) is 0. The Balaban J connectivity index is 1.87. The van der Waals surface area contributed by atoms with Gasteiger partial charge in [0.05, 0.1) is 0 Å². The Bertz CT molecular complexity index is 468. The van der Waals surface area contributed by atoms with E-state index in [-0.39, 0.29) is 11.8 Å². The van der Waals surface area contributed by atoms with Crippen LogP contribution in [-0.4, -0.2) is 37.6 Å². The molecule has 0 radical (unpaired) electrons. The van der Waals surface area contributed by atoms with E-state index in [2.05, 4.69) is 16.6 Å². The summed E-state index contributed by atoms with van der Waals surface area (Å²) in [6.45, 7) is 7.64. The molecule has 0 aromatic heterocycles. The maximum atomic E-state index is 12.2. The van der Waals surface area contributed by atoms with Crippen LogP contribution in [-0.2, 0) is 4.74 Å². The molecule has 1 heterocycles. The second-order valence-electron chi connectivity index (χ2n) is 5.93. The van der Waals surface area contributed by atoms with Crippen LogP contribution in [0.5, 0.6) is 5.75 Å². The van der Waals surface area contributed by atoms with Gasteiger partial charge < -0.3 is 9.47 Å². The SMILES string of the molecule is CCOCC1CCN(C(C)c2ccc(OC(F)(F)F)cc2)CC1. The summed E-state index contributed by atoms with van der Waals surface area (Å²) in [5.74, 6) is 0.435. The van der Waals surface area contributed by atoms with Gasteiger partial charge in [-0.1, -0.05) is 12.1 Å². The van der Waals surface area contributed by atoms with Crippen LogP contribution in [0, 0.1) is 5.92 Å². The Hall–Kier alpha value is -1.27. The van der Waals surface area contributed by atoms with E-state index in [1.165, 1.54) is 12.1 Å². The number of ether oxygens (including phenoxy) is 2. The summed E-state index contributed by atoms with van der Waals surface area (Å²) in [6, 6.07) is 6.35. The number of hydrogen-bond donors (Lipinski definition) is 0. The average Bonchev–Trinajstić information content (AvgIpc) is 2.52. The monoisotopic (exact) mass is 331 g/mol. The van der Waals surface area contributed by atoms with Crippen LogP contribution in [0.4, 0.5) is 13.2 Å². The summed E-state index contributed by atoms with van der Waals surface area (Å²) < 4.78 is 45.9. The van der Waals surface area contributed by atoms with Gasteiger partial charge in [0.2, 0.25) is 0 Å². The van der Waals surface area contributed by atoms with Gasteiger partial charge in [-0.05, 0) is 63.4 Å². The molecule has 130 valence electrons. The molecule has 1 saturated heterocycles. The van der Waals surface area contributed by atoms with Crippen molar-refractivity contribution in [3.8, 4) is 5.75 Å². The van der Waals surface area contributed by atoms with Crippen molar-refractivity contribution >= 4 is 0 Å². The lowest BCUT2D eigenvalue weighted by Gasteiger charge is -2.36. The third kappa shape index (κ3) is 5.70. The lowest BCUT2D eigenvalue weighted by molar-refractivity contribution is -0.274. The van der Waals surface area contributed by atoms with Crippen LogP contribution in [0.2, 0.25) is 0 Å². The van der Waals surface area contributed by atoms with Crippen molar-refractivity contribution in [2.45, 2.75) is 39.1 Å². The van der Waals surface area contributed by atoms with Gasteiger partial charge in [0, 0.05) is 19.3 Å². The molecule has 6 heteroatoms. The molecule has 0 spiro atoms. The molecule has 1 aliphatic heterocycles. The second kappa shape index (κ2) is 8.02. The highest BCUT2D eigenvalue weighted by atomic mass is 19.4. The number of piperidine rings is 1. The van der Waals surface area contributed by atoms with Gasteiger partial charge in [0.15, 0.2) is 0 Å². The molecule has 1 aliphatic rings. The molecule has 0 amide bonds. The molecule has 2 rings (SSSR count). The highest BCUT2D eigenvalue weighted by Gasteiger charge is 2.31. The average molecular weight is 331 g/mol. The third-order valence-electron chi connectivity index (χ3n) is 4.35. The predicted molar refractivity (Wildman–Crippen MR) is 82.3 cm³/mol. The lowest BCUT2D eigenvalue weighted by atomic mass is 9.95. The standard InChI is InChI=1S/C17H24F3NO2/c1-3-22-12-14-8-10-21(11-9-14)13(2)15-4-6-16(7-5-15)23-17(18,19)20/h4-7,13-14H,3,8-12H2,1-2H3. The van der Waals surface area contributed by atoms with E-state index in [9.17, 15) is 13.2 Å². The van der Waals surface area contributed by atoms with Gasteiger partial charge in [-0.15, -0.1) is 13.2 Å². The zero-order valence-electron chi connectivity index (χ0n) is 13.6. The van der Waals surface area contributed by atoms with Crippen LogP contribution in [0.1, 0.15) is 38.3 Å². The molecule has 0 saturated carbocycles. The van der Waals surface area contributed by atoms with Crippen molar-refractivity contribution in [1.82, 2.24) is 4.90 Å². The number of nitrogens with zero attached hydrogens (tertiary/aromatic N) is 1. The summed E-state index contributed by atoms with van der Waals surface area (Å²) in [4.78, 5) is 2.36. The fraction of sp³-hybridized carbons (Fsp3) is 0.647. The molecule has 1 aromatic rings. The zero-order valence-corrected chi connectivity index (χ0v) is 13.6. The number of benzene rings is 1. The van der Waals surface area contributed by atoms with Gasteiger partial charge in [-0.2, -0.15) is 0 Å². The highest BCUT2D eigenvalue weighted by Crippen LogP contribution is 2.29. The molecule has 1 atom stereocenters. The minimum atomic E-state index is -4.64. The maximum Gasteiger partial charge on any atom is 0.573 e. The fourth-order valence-electron chi connectivity index (χ4n) is 2.95. The summed E-state index contributed by atoms with van der Waals surface area (Å²) >= 11 is 0. The van der Waals surface area contributed by atoms with E-state index >= 15 is 0 Å². The first-order chi connectivity index (χ1) is 10.9. The Morgan fingerprint density at radius 1 is 1.17 bits per heavy atom. The van der Waals surface area contributed by atoms with Crippen LogP contribution >= 0.6 is 0 Å². The van der Waals surface area contributed by atoms with E-state index in [0.29, 0.717) is 5.92 Å². The van der Waals surface area contributed by atoms with Crippen molar-refractivity contribution in [2.24, 2.45) is 5.92 Å². The number of halogens is 3. The van der Waals surface area contributed by atoms with Gasteiger partial charge in [-0.3, -0.25) is 4.90 Å². The minimum Gasteiger partial charge on any atom is -0.406 e. The molecule has 0 N–H and O–H groups in total. The van der Waals surface area contributed by atoms with E-state index in [0.717, 1.165) is 44.7 Å². The Kier molecular flexibility index (Phi) is 6.30. The molecule has 1 fully saturated rings. The molecule has 0 bridgehead atoms. The molecular formula is C17H24F3NO2. The van der Waals surface area contributed by atoms with Gasteiger partial charge in [-0.25, -0.2) is 0 Å². The van der Waals surface area contributed by atoms with Crippen molar-refractivity contribution in [3.63, 3.8) is 0 Å². The van der Waals surface area contributed by atoms with Crippen molar-refractivity contribution in [3.05, 3.63) is 29.8 Å². The van der Waals surface area contributed by atoms with E-state index in [1.807, 2.05) is 6.92 Å². The highest BCUT2D eigenvalue weighted by molar-refractivity contribution is 5.29. The fourth-order valence-corrected chi connectivity index (χ4v) is 2.95. The van der Waals surface area contributed by atoms with E-state index < -0.39 is 6.36 Å². The van der Waals surface area contributed by atoms with Crippen molar-refractivity contribution in [2.75, 3.05) is 26.3 Å². The number of rotatable bonds is 6. The normalized spacial score (nSPS) is 18.8. The first-order valence-corrected chi connectivity index (χ1v) is 8.06. The van der Waals surface area contributed by atoms with Gasteiger partial charge >= 0.3 is 6.36 Å². The molecule has 1 aromatic carbocycles. The molecule has 3 nitrogen and oxygen atoms in total. The molecule has 0 aliphatic carbocycles. The third-order valence-corrected chi connectivity index (χ3v) is 4.35. The van der Waals surface area contributed by atoms with Crippen LogP contribution in [0.3, 0.4) is 0 Å². The number of hydrogen-bond acceptors (Lipinski definition) is 3. The summed E-state index contributed by atoms with van der Waals surface area (Å²) in [7, 11) is 0. The Morgan fingerprint density at radius 2 is 1.78 bits per heavy atom. The topological polar surface area (TPSA) is 21.7 Å².